The van der Waals surface area contributed by atoms with Crippen molar-refractivity contribution < 1.29 is 9.59 Å². The lowest BCUT2D eigenvalue weighted by atomic mass is 10.0. The van der Waals surface area contributed by atoms with Crippen LogP contribution in [0.15, 0.2) is 35.1 Å². The molecule has 0 aliphatic heterocycles. The van der Waals surface area contributed by atoms with E-state index in [1.807, 2.05) is 13.0 Å². The Morgan fingerprint density at radius 2 is 1.82 bits per heavy atom. The van der Waals surface area contributed by atoms with Crippen LogP contribution in [0.4, 0.5) is 0 Å². The van der Waals surface area contributed by atoms with Gasteiger partial charge < -0.3 is 4.98 Å². The lowest BCUT2D eigenvalue weighted by Gasteiger charge is -2.05. The molecule has 22 heavy (non-hydrogen) atoms. The number of H-pyrrole nitrogens is 1. The Bertz CT molecular complexity index is 796. The molecule has 0 bridgehead atoms. The van der Waals surface area contributed by atoms with Gasteiger partial charge in [-0.25, -0.2) is 0 Å². The van der Waals surface area contributed by atoms with Crippen LogP contribution < -0.4 is 5.56 Å². The van der Waals surface area contributed by atoms with Crippen molar-refractivity contribution in [3.8, 4) is 0 Å². The number of halogens is 2. The van der Waals surface area contributed by atoms with E-state index in [-0.39, 0.29) is 21.3 Å². The molecule has 0 atom stereocenters. The van der Waals surface area contributed by atoms with E-state index in [9.17, 15) is 14.4 Å². The first-order valence-electron chi connectivity index (χ1n) is 6.70. The van der Waals surface area contributed by atoms with Crippen molar-refractivity contribution in [2.24, 2.45) is 0 Å². The van der Waals surface area contributed by atoms with Gasteiger partial charge in [0.25, 0.3) is 11.3 Å². The van der Waals surface area contributed by atoms with E-state index in [0.29, 0.717) is 0 Å². The molecule has 0 radical (unpaired) electrons. The number of hydrogen-bond donors (Lipinski definition) is 1. The van der Waals surface area contributed by atoms with Crippen LogP contribution in [0.3, 0.4) is 0 Å². The molecule has 1 aromatic carbocycles. The molecule has 114 valence electrons. The van der Waals surface area contributed by atoms with Gasteiger partial charge in [-0.2, -0.15) is 0 Å². The minimum absolute atomic E-state index is 0.0623. The van der Waals surface area contributed by atoms with Gasteiger partial charge in [0.2, 0.25) is 5.78 Å². The normalized spacial score (nSPS) is 10.5. The number of benzene rings is 1. The van der Waals surface area contributed by atoms with Crippen molar-refractivity contribution in [3.63, 3.8) is 0 Å². The third-order valence-corrected chi connectivity index (χ3v) is 3.69. The molecular weight excluding hydrogens is 325 g/mol. The first-order valence-corrected chi connectivity index (χ1v) is 7.46. The smallest absolute Gasteiger partial charge is 0.267 e. The van der Waals surface area contributed by atoms with Gasteiger partial charge in [-0.3, -0.25) is 14.4 Å². The fourth-order valence-corrected chi connectivity index (χ4v) is 2.50. The Morgan fingerprint density at radius 3 is 2.50 bits per heavy atom. The summed E-state index contributed by atoms with van der Waals surface area (Å²) in [5, 5.41) is -0.202. The van der Waals surface area contributed by atoms with Crippen molar-refractivity contribution in [3.05, 3.63) is 67.6 Å². The van der Waals surface area contributed by atoms with Crippen LogP contribution in [-0.2, 0) is 6.42 Å². The van der Waals surface area contributed by atoms with Gasteiger partial charge >= 0.3 is 0 Å². The molecule has 0 amide bonds. The molecule has 0 saturated carbocycles. The van der Waals surface area contributed by atoms with E-state index in [2.05, 4.69) is 4.98 Å². The second-order valence-corrected chi connectivity index (χ2v) is 5.59. The Labute approximate surface area is 137 Å². The van der Waals surface area contributed by atoms with E-state index < -0.39 is 17.1 Å². The molecule has 0 aliphatic rings. The number of nitrogens with one attached hydrogen (secondary N) is 1. The van der Waals surface area contributed by atoms with Gasteiger partial charge in [-0.15, -0.1) is 0 Å². The molecular formula is C16H13Cl2NO3. The van der Waals surface area contributed by atoms with Gasteiger partial charge in [-0.1, -0.05) is 54.7 Å². The molecule has 0 fully saturated rings. The Balaban J connectivity index is 2.37. The zero-order valence-electron chi connectivity index (χ0n) is 11.8. The minimum Gasteiger partial charge on any atom is -0.317 e. The highest BCUT2D eigenvalue weighted by atomic mass is 35.5. The topological polar surface area (TPSA) is 67.0 Å². The van der Waals surface area contributed by atoms with Gasteiger partial charge in [0.15, 0.2) is 0 Å². The average Bonchev–Trinajstić information content (AvgIpc) is 2.50. The maximum Gasteiger partial charge on any atom is 0.267 e. The lowest BCUT2D eigenvalue weighted by molar-refractivity contribution is 0.0814. The first kappa shape index (κ1) is 16.5. The van der Waals surface area contributed by atoms with Gasteiger partial charge in [0.05, 0.1) is 5.02 Å². The third kappa shape index (κ3) is 3.46. The summed E-state index contributed by atoms with van der Waals surface area (Å²) in [6.07, 6.45) is 1.75. The van der Waals surface area contributed by atoms with Crippen LogP contribution in [0.25, 0.3) is 0 Å². The van der Waals surface area contributed by atoms with Crippen LogP contribution in [0.2, 0.25) is 10.0 Å². The van der Waals surface area contributed by atoms with E-state index in [4.69, 9.17) is 23.2 Å². The summed E-state index contributed by atoms with van der Waals surface area (Å²) in [5.41, 5.74) is 0.323. The highest BCUT2D eigenvalue weighted by Crippen LogP contribution is 2.18. The van der Waals surface area contributed by atoms with Crippen molar-refractivity contribution in [1.82, 2.24) is 4.98 Å². The number of aryl methyl sites for hydroxylation is 1. The van der Waals surface area contributed by atoms with E-state index in [1.165, 1.54) is 0 Å². The first-order chi connectivity index (χ1) is 10.4. The summed E-state index contributed by atoms with van der Waals surface area (Å²) in [6, 6.07) is 7.99. The SMILES string of the molecule is CCCc1cccc(C(=O)C(=O)c2[nH]c(=O)c(Cl)cc2Cl)c1. The Morgan fingerprint density at radius 1 is 1.09 bits per heavy atom. The highest BCUT2D eigenvalue weighted by molar-refractivity contribution is 6.51. The van der Waals surface area contributed by atoms with Gasteiger partial charge in [0.1, 0.15) is 10.7 Å². The van der Waals surface area contributed by atoms with Crippen molar-refractivity contribution >= 4 is 34.8 Å². The second-order valence-electron chi connectivity index (χ2n) is 4.78. The second kappa shape index (κ2) is 6.90. The predicted molar refractivity (Wildman–Crippen MR) is 86.2 cm³/mol. The monoisotopic (exact) mass is 337 g/mol. The van der Waals surface area contributed by atoms with Crippen molar-refractivity contribution in [2.75, 3.05) is 0 Å². The Hall–Kier alpha value is -1.91. The average molecular weight is 338 g/mol. The number of hydrogen-bond acceptors (Lipinski definition) is 3. The molecule has 2 rings (SSSR count). The van der Waals surface area contributed by atoms with Gasteiger partial charge in [0, 0.05) is 5.56 Å². The summed E-state index contributed by atoms with van der Waals surface area (Å²) in [4.78, 5) is 38.3. The molecule has 1 heterocycles. The molecule has 1 aromatic heterocycles. The molecule has 0 spiro atoms. The fourth-order valence-electron chi connectivity index (χ4n) is 2.05. The van der Waals surface area contributed by atoms with Crippen molar-refractivity contribution in [1.29, 1.82) is 0 Å². The molecule has 1 N–H and O–H groups in total. The van der Waals surface area contributed by atoms with Crippen LogP contribution in [0, 0.1) is 0 Å². The zero-order valence-corrected chi connectivity index (χ0v) is 13.3. The summed E-state index contributed by atoms with van der Waals surface area (Å²) in [5.74, 6) is -1.59. The maximum absolute atomic E-state index is 12.3. The molecule has 4 nitrogen and oxygen atoms in total. The van der Waals surface area contributed by atoms with E-state index in [1.54, 1.807) is 18.2 Å². The highest BCUT2D eigenvalue weighted by Gasteiger charge is 2.22. The number of aromatic nitrogens is 1. The lowest BCUT2D eigenvalue weighted by Crippen LogP contribution is -2.21. The van der Waals surface area contributed by atoms with E-state index in [0.717, 1.165) is 24.5 Å². The number of aromatic amines is 1. The van der Waals surface area contributed by atoms with Crippen LogP contribution in [-0.4, -0.2) is 16.6 Å². The molecule has 0 unspecified atom stereocenters. The number of ketones is 2. The van der Waals surface area contributed by atoms with Crippen LogP contribution in [0.1, 0.15) is 39.8 Å². The number of Topliss-reactive ketones (excluding diaryl/α,β-unsaturated/α-hetero) is 2. The molecule has 0 aliphatic carbocycles. The molecule has 0 saturated heterocycles. The standard InChI is InChI=1S/C16H13Cl2NO3/c1-2-4-9-5-3-6-10(7-9)14(20)15(21)13-11(17)8-12(18)16(22)19-13/h3,5-8H,2,4H2,1H3,(H,19,22). The zero-order chi connectivity index (χ0) is 16.3. The quantitative estimate of drug-likeness (QED) is 0.668. The number of pyridine rings is 1. The fraction of sp³-hybridized carbons (Fsp3) is 0.188. The molecule has 2 aromatic rings. The number of rotatable bonds is 5. The minimum atomic E-state index is -0.868. The largest absolute Gasteiger partial charge is 0.317 e. The molecule has 6 heteroatoms. The number of carbonyl (C=O) groups is 2. The summed E-state index contributed by atoms with van der Waals surface area (Å²) in [7, 11) is 0. The maximum atomic E-state index is 12.3. The van der Waals surface area contributed by atoms with E-state index >= 15 is 0 Å². The van der Waals surface area contributed by atoms with Crippen molar-refractivity contribution in [2.45, 2.75) is 19.8 Å². The number of carbonyl (C=O) groups excluding carboxylic acids is 2. The third-order valence-electron chi connectivity index (χ3n) is 3.11. The van der Waals surface area contributed by atoms with Crippen LogP contribution in [0.5, 0.6) is 0 Å². The summed E-state index contributed by atoms with van der Waals surface area (Å²) < 4.78 is 0. The summed E-state index contributed by atoms with van der Waals surface area (Å²) in [6.45, 7) is 2.03. The van der Waals surface area contributed by atoms with Crippen LogP contribution >= 0.6 is 23.2 Å². The summed E-state index contributed by atoms with van der Waals surface area (Å²) >= 11 is 11.5. The Kier molecular flexibility index (Phi) is 5.16. The predicted octanol–water partition coefficient (Wildman–Crippen LogP) is 3.70. The van der Waals surface area contributed by atoms with Gasteiger partial charge in [-0.05, 0) is 24.1 Å².